The lowest BCUT2D eigenvalue weighted by molar-refractivity contribution is 0.311. The van der Waals surface area contributed by atoms with Gasteiger partial charge in [0.1, 0.15) is 11.6 Å². The SMILES string of the molecule is Cc1nnc(CNCC2CCN(C3CC3)C2)n1C. The highest BCUT2D eigenvalue weighted by Gasteiger charge is 2.33. The van der Waals surface area contributed by atoms with Gasteiger partial charge in [0.2, 0.25) is 0 Å². The molecule has 1 aromatic rings. The maximum atomic E-state index is 4.17. The van der Waals surface area contributed by atoms with Crippen molar-refractivity contribution in [1.82, 2.24) is 25.0 Å². The molecule has 1 saturated heterocycles. The zero-order valence-corrected chi connectivity index (χ0v) is 11.4. The maximum absolute atomic E-state index is 4.17. The molecule has 100 valence electrons. The van der Waals surface area contributed by atoms with E-state index in [1.807, 2.05) is 14.0 Å². The van der Waals surface area contributed by atoms with Crippen LogP contribution in [0.1, 0.15) is 30.9 Å². The van der Waals surface area contributed by atoms with Gasteiger partial charge in [-0.3, -0.25) is 0 Å². The first kappa shape index (κ1) is 12.1. The predicted molar refractivity (Wildman–Crippen MR) is 70.1 cm³/mol. The fraction of sp³-hybridized carbons (Fsp3) is 0.846. The van der Waals surface area contributed by atoms with Gasteiger partial charge >= 0.3 is 0 Å². The van der Waals surface area contributed by atoms with Crippen molar-refractivity contribution >= 4 is 0 Å². The Morgan fingerprint density at radius 1 is 1.28 bits per heavy atom. The van der Waals surface area contributed by atoms with Crippen LogP contribution in [0.4, 0.5) is 0 Å². The van der Waals surface area contributed by atoms with Crippen LogP contribution in [0.25, 0.3) is 0 Å². The monoisotopic (exact) mass is 249 g/mol. The topological polar surface area (TPSA) is 46.0 Å². The predicted octanol–water partition coefficient (Wildman–Crippen LogP) is 0.697. The Balaban J connectivity index is 1.41. The molecule has 0 aromatic carbocycles. The van der Waals surface area contributed by atoms with Crippen LogP contribution in [-0.4, -0.2) is 45.3 Å². The van der Waals surface area contributed by atoms with Crippen molar-refractivity contribution in [2.24, 2.45) is 13.0 Å². The largest absolute Gasteiger partial charge is 0.317 e. The number of rotatable bonds is 5. The van der Waals surface area contributed by atoms with Crippen molar-refractivity contribution < 1.29 is 0 Å². The van der Waals surface area contributed by atoms with E-state index in [1.54, 1.807) is 0 Å². The first-order valence-corrected chi connectivity index (χ1v) is 7.03. The number of hydrogen-bond acceptors (Lipinski definition) is 4. The van der Waals surface area contributed by atoms with Gasteiger partial charge in [-0.2, -0.15) is 0 Å². The van der Waals surface area contributed by atoms with Gasteiger partial charge in [-0.15, -0.1) is 10.2 Å². The summed E-state index contributed by atoms with van der Waals surface area (Å²) in [4.78, 5) is 2.67. The Morgan fingerprint density at radius 2 is 2.11 bits per heavy atom. The minimum atomic E-state index is 0.819. The molecule has 2 heterocycles. The summed E-state index contributed by atoms with van der Waals surface area (Å²) in [5.74, 6) is 2.83. The number of likely N-dealkylation sites (tertiary alicyclic amines) is 1. The molecule has 3 rings (SSSR count). The lowest BCUT2D eigenvalue weighted by Gasteiger charge is -2.15. The van der Waals surface area contributed by atoms with Gasteiger partial charge < -0.3 is 14.8 Å². The van der Waals surface area contributed by atoms with E-state index in [0.717, 1.165) is 36.7 Å². The molecule has 0 radical (unpaired) electrons. The van der Waals surface area contributed by atoms with Gasteiger partial charge in [0.15, 0.2) is 0 Å². The van der Waals surface area contributed by atoms with Gasteiger partial charge in [0.25, 0.3) is 0 Å². The first-order valence-electron chi connectivity index (χ1n) is 7.03. The molecule has 5 nitrogen and oxygen atoms in total. The number of nitrogens with zero attached hydrogens (tertiary/aromatic N) is 4. The van der Waals surface area contributed by atoms with Crippen LogP contribution in [0.15, 0.2) is 0 Å². The molecule has 1 N–H and O–H groups in total. The molecule has 1 unspecified atom stereocenters. The summed E-state index contributed by atoms with van der Waals surface area (Å²) in [5, 5.41) is 11.8. The van der Waals surface area contributed by atoms with Crippen LogP contribution >= 0.6 is 0 Å². The molecule has 18 heavy (non-hydrogen) atoms. The van der Waals surface area contributed by atoms with Crippen LogP contribution in [0.5, 0.6) is 0 Å². The van der Waals surface area contributed by atoms with E-state index in [0.29, 0.717) is 0 Å². The van der Waals surface area contributed by atoms with Crippen LogP contribution < -0.4 is 5.32 Å². The molecule has 1 saturated carbocycles. The molecule has 0 spiro atoms. The van der Waals surface area contributed by atoms with Crippen LogP contribution in [0.3, 0.4) is 0 Å². The van der Waals surface area contributed by atoms with Gasteiger partial charge in [0.05, 0.1) is 6.54 Å². The standard InChI is InChI=1S/C13H23N5/c1-10-15-16-13(17(10)2)8-14-7-11-5-6-18(9-11)12-3-4-12/h11-12,14H,3-9H2,1-2H3. The highest BCUT2D eigenvalue weighted by molar-refractivity contribution is 4.93. The first-order chi connectivity index (χ1) is 8.74. The minimum absolute atomic E-state index is 0.819. The Kier molecular flexibility index (Phi) is 3.35. The second-order valence-electron chi connectivity index (χ2n) is 5.73. The average molecular weight is 249 g/mol. The average Bonchev–Trinajstić information content (AvgIpc) is 3.04. The Bertz CT molecular complexity index is 410. The van der Waals surface area contributed by atoms with Gasteiger partial charge in [-0.05, 0) is 45.2 Å². The number of nitrogens with one attached hydrogen (secondary N) is 1. The summed E-state index contributed by atoms with van der Waals surface area (Å²) in [6.07, 6.45) is 4.21. The highest BCUT2D eigenvalue weighted by Crippen LogP contribution is 2.31. The molecule has 2 fully saturated rings. The van der Waals surface area contributed by atoms with E-state index >= 15 is 0 Å². The second kappa shape index (κ2) is 4.97. The van der Waals surface area contributed by atoms with Gasteiger partial charge in [-0.25, -0.2) is 0 Å². The van der Waals surface area contributed by atoms with E-state index in [-0.39, 0.29) is 0 Å². The molecule has 1 atom stereocenters. The zero-order valence-electron chi connectivity index (χ0n) is 11.4. The highest BCUT2D eigenvalue weighted by atomic mass is 15.3. The molecule has 5 heteroatoms. The third-order valence-corrected chi connectivity index (χ3v) is 4.28. The third-order valence-electron chi connectivity index (χ3n) is 4.28. The Hall–Kier alpha value is -0.940. The summed E-state index contributed by atoms with van der Waals surface area (Å²) in [5.41, 5.74) is 0. The summed E-state index contributed by atoms with van der Waals surface area (Å²) < 4.78 is 2.05. The molecular formula is C13H23N5. The van der Waals surface area contributed by atoms with Crippen LogP contribution in [0.2, 0.25) is 0 Å². The van der Waals surface area contributed by atoms with E-state index in [4.69, 9.17) is 0 Å². The summed E-state index contributed by atoms with van der Waals surface area (Å²) >= 11 is 0. The quantitative estimate of drug-likeness (QED) is 0.834. The van der Waals surface area contributed by atoms with E-state index < -0.39 is 0 Å². The Labute approximate surface area is 109 Å². The normalized spacial score (nSPS) is 24.9. The fourth-order valence-electron chi connectivity index (χ4n) is 2.79. The second-order valence-corrected chi connectivity index (χ2v) is 5.73. The summed E-state index contributed by atoms with van der Waals surface area (Å²) in [7, 11) is 2.02. The molecule has 1 aromatic heterocycles. The molecule has 1 aliphatic carbocycles. The number of hydrogen-bond donors (Lipinski definition) is 1. The number of aryl methyl sites for hydroxylation is 1. The molecule has 0 amide bonds. The molecule has 2 aliphatic rings. The molecular weight excluding hydrogens is 226 g/mol. The lowest BCUT2D eigenvalue weighted by Crippen LogP contribution is -2.28. The summed E-state index contributed by atoms with van der Waals surface area (Å²) in [6.45, 7) is 6.52. The van der Waals surface area contributed by atoms with Crippen molar-refractivity contribution in [3.05, 3.63) is 11.6 Å². The van der Waals surface area contributed by atoms with Crippen LogP contribution in [-0.2, 0) is 13.6 Å². The lowest BCUT2D eigenvalue weighted by atomic mass is 10.1. The molecule has 1 aliphatic heterocycles. The fourth-order valence-corrected chi connectivity index (χ4v) is 2.79. The van der Waals surface area contributed by atoms with Crippen LogP contribution in [0, 0.1) is 12.8 Å². The van der Waals surface area contributed by atoms with Crippen molar-refractivity contribution in [2.75, 3.05) is 19.6 Å². The van der Waals surface area contributed by atoms with E-state index in [1.165, 1.54) is 32.4 Å². The third kappa shape index (κ3) is 2.57. The van der Waals surface area contributed by atoms with Gasteiger partial charge in [0, 0.05) is 19.6 Å². The van der Waals surface area contributed by atoms with Crippen molar-refractivity contribution in [3.8, 4) is 0 Å². The number of aromatic nitrogens is 3. The van der Waals surface area contributed by atoms with E-state index in [2.05, 4.69) is 25.0 Å². The summed E-state index contributed by atoms with van der Waals surface area (Å²) in [6, 6.07) is 0.927. The smallest absolute Gasteiger partial charge is 0.146 e. The Morgan fingerprint density at radius 3 is 2.78 bits per heavy atom. The van der Waals surface area contributed by atoms with Gasteiger partial charge in [-0.1, -0.05) is 0 Å². The minimum Gasteiger partial charge on any atom is -0.317 e. The van der Waals surface area contributed by atoms with Crippen molar-refractivity contribution in [3.63, 3.8) is 0 Å². The van der Waals surface area contributed by atoms with E-state index in [9.17, 15) is 0 Å². The molecule has 0 bridgehead atoms. The van der Waals surface area contributed by atoms with Crippen molar-refractivity contribution in [2.45, 2.75) is 38.8 Å². The maximum Gasteiger partial charge on any atom is 0.146 e. The zero-order chi connectivity index (χ0) is 12.5. The van der Waals surface area contributed by atoms with Crippen molar-refractivity contribution in [1.29, 1.82) is 0 Å².